The number of benzene rings is 1. The molecule has 4 N–H and O–H groups in total. The van der Waals surface area contributed by atoms with Gasteiger partial charge in [0.1, 0.15) is 5.69 Å². The average molecular weight is 295 g/mol. The second-order valence-corrected chi connectivity index (χ2v) is 4.78. The van der Waals surface area contributed by atoms with Gasteiger partial charge in [-0.15, -0.1) is 0 Å². The Morgan fingerprint density at radius 2 is 2.19 bits per heavy atom. The molecule has 0 spiro atoms. The summed E-state index contributed by atoms with van der Waals surface area (Å²) in [7, 11) is 1.78. The van der Waals surface area contributed by atoms with E-state index in [2.05, 4.69) is 10.7 Å². The van der Waals surface area contributed by atoms with Gasteiger partial charge in [0.25, 0.3) is 5.69 Å². The van der Waals surface area contributed by atoms with Gasteiger partial charge in [0.05, 0.1) is 11.5 Å². The fourth-order valence-electron chi connectivity index (χ4n) is 1.88. The Kier molecular flexibility index (Phi) is 6.57. The molecule has 0 radical (unpaired) electrons. The van der Waals surface area contributed by atoms with Gasteiger partial charge in [0.2, 0.25) is 5.91 Å². The van der Waals surface area contributed by atoms with Gasteiger partial charge in [-0.25, -0.2) is 0 Å². The molecule has 21 heavy (non-hydrogen) atoms. The molecule has 0 unspecified atom stereocenters. The van der Waals surface area contributed by atoms with Crippen LogP contribution in [0, 0.1) is 10.1 Å². The quantitative estimate of drug-likeness (QED) is 0.372. The Balaban J connectivity index is 2.68. The topological polar surface area (TPSA) is 114 Å². The van der Waals surface area contributed by atoms with Gasteiger partial charge in [-0.3, -0.25) is 25.7 Å². The zero-order chi connectivity index (χ0) is 15.8. The van der Waals surface area contributed by atoms with Gasteiger partial charge in [-0.1, -0.05) is 13.0 Å². The number of hydrazine groups is 1. The van der Waals surface area contributed by atoms with E-state index in [1.165, 1.54) is 6.07 Å². The first kappa shape index (κ1) is 16.9. The molecule has 1 rings (SSSR count). The first-order valence-electron chi connectivity index (χ1n) is 6.67. The Hall–Kier alpha value is -2.19. The van der Waals surface area contributed by atoms with Crippen LogP contribution in [0.1, 0.15) is 18.9 Å². The van der Waals surface area contributed by atoms with Crippen molar-refractivity contribution in [2.75, 3.05) is 25.6 Å². The third-order valence-electron chi connectivity index (χ3n) is 2.85. The number of nitro groups is 1. The second-order valence-electron chi connectivity index (χ2n) is 4.78. The predicted molar refractivity (Wildman–Crippen MR) is 80.5 cm³/mol. The van der Waals surface area contributed by atoms with Gasteiger partial charge >= 0.3 is 0 Å². The van der Waals surface area contributed by atoms with Crippen LogP contribution in [0.2, 0.25) is 0 Å². The van der Waals surface area contributed by atoms with Crippen molar-refractivity contribution in [2.24, 2.45) is 5.84 Å². The third kappa shape index (κ3) is 5.36. The number of nitrogens with two attached hydrogens (primary N) is 1. The highest BCUT2D eigenvalue weighted by Gasteiger charge is 2.15. The molecular weight excluding hydrogens is 274 g/mol. The lowest BCUT2D eigenvalue weighted by molar-refractivity contribution is -0.384. The molecule has 0 aliphatic heterocycles. The van der Waals surface area contributed by atoms with Crippen molar-refractivity contribution >= 4 is 17.3 Å². The molecule has 0 fully saturated rings. The highest BCUT2D eigenvalue weighted by Crippen LogP contribution is 2.24. The highest BCUT2D eigenvalue weighted by atomic mass is 16.6. The second kappa shape index (κ2) is 8.18. The number of carbonyl (C=O) groups excluding carboxylic acids is 1. The van der Waals surface area contributed by atoms with Crippen LogP contribution in [0.3, 0.4) is 0 Å². The zero-order valence-electron chi connectivity index (χ0n) is 12.3. The fraction of sp³-hybridized carbons (Fsp3) is 0.462. The molecule has 8 nitrogen and oxygen atoms in total. The molecule has 0 bridgehead atoms. The Labute approximate surface area is 123 Å². The van der Waals surface area contributed by atoms with E-state index in [9.17, 15) is 14.9 Å². The summed E-state index contributed by atoms with van der Waals surface area (Å²) in [5.74, 6) is 5.17. The minimum Gasteiger partial charge on any atom is -0.355 e. The summed E-state index contributed by atoms with van der Waals surface area (Å²) in [6.45, 7) is 3.31. The number of carbonyl (C=O) groups is 1. The normalized spacial score (nSPS) is 10.5. The maximum absolute atomic E-state index is 11.6. The lowest BCUT2D eigenvalue weighted by Gasteiger charge is -2.16. The smallest absolute Gasteiger partial charge is 0.293 e. The maximum Gasteiger partial charge on any atom is 0.293 e. The lowest BCUT2D eigenvalue weighted by atomic mass is 10.1. The van der Waals surface area contributed by atoms with Gasteiger partial charge in [-0.2, -0.15) is 0 Å². The summed E-state index contributed by atoms with van der Waals surface area (Å²) in [5.41, 5.74) is 3.21. The zero-order valence-corrected chi connectivity index (χ0v) is 12.3. The average Bonchev–Trinajstić information content (AvgIpc) is 2.44. The van der Waals surface area contributed by atoms with Crippen LogP contribution in [-0.2, 0) is 11.3 Å². The van der Waals surface area contributed by atoms with Gasteiger partial charge in [0.15, 0.2) is 0 Å². The highest BCUT2D eigenvalue weighted by molar-refractivity contribution is 5.77. The van der Waals surface area contributed by atoms with Crippen molar-refractivity contribution in [2.45, 2.75) is 19.9 Å². The van der Waals surface area contributed by atoms with Crippen LogP contribution in [0.5, 0.6) is 0 Å². The molecule has 1 aromatic rings. The van der Waals surface area contributed by atoms with E-state index in [0.717, 1.165) is 12.0 Å². The van der Waals surface area contributed by atoms with Crippen LogP contribution in [0.15, 0.2) is 18.2 Å². The molecule has 1 amide bonds. The third-order valence-corrected chi connectivity index (χ3v) is 2.85. The molecule has 1 aromatic carbocycles. The van der Waals surface area contributed by atoms with E-state index in [-0.39, 0.29) is 23.8 Å². The number of hydrogen-bond acceptors (Lipinski definition) is 6. The molecule has 0 aliphatic rings. The Morgan fingerprint density at radius 3 is 2.76 bits per heavy atom. The van der Waals surface area contributed by atoms with Crippen molar-refractivity contribution in [1.29, 1.82) is 0 Å². The number of rotatable bonds is 8. The van der Waals surface area contributed by atoms with Gasteiger partial charge < -0.3 is 10.7 Å². The summed E-state index contributed by atoms with van der Waals surface area (Å²) in [6.07, 6.45) is 0.884. The van der Waals surface area contributed by atoms with E-state index in [1.54, 1.807) is 24.1 Å². The fourth-order valence-corrected chi connectivity index (χ4v) is 1.88. The molecule has 0 saturated carbocycles. The molecule has 0 aromatic heterocycles. The summed E-state index contributed by atoms with van der Waals surface area (Å²) < 4.78 is 0. The molecule has 0 heterocycles. The maximum atomic E-state index is 11.6. The van der Waals surface area contributed by atoms with E-state index in [1.807, 2.05) is 6.92 Å². The number of nitro benzene ring substituents is 1. The number of hydrogen-bond donors (Lipinski definition) is 3. The lowest BCUT2D eigenvalue weighted by Crippen LogP contribution is -2.35. The van der Waals surface area contributed by atoms with Crippen molar-refractivity contribution in [3.8, 4) is 0 Å². The summed E-state index contributed by atoms with van der Waals surface area (Å²) >= 11 is 0. The van der Waals surface area contributed by atoms with Crippen LogP contribution in [-0.4, -0.2) is 35.9 Å². The monoisotopic (exact) mass is 295 g/mol. The van der Waals surface area contributed by atoms with E-state index >= 15 is 0 Å². The van der Waals surface area contributed by atoms with Crippen molar-refractivity contribution in [1.82, 2.24) is 10.2 Å². The number of anilines is 1. The standard InChI is InChI=1S/C13H21N5O3/c1-3-6-15-13(19)9-17(2)8-10-4-5-11(16-14)12(7-10)18(20)21/h4-5,7,16H,3,6,8-9,14H2,1-2H3,(H,15,19). The van der Waals surface area contributed by atoms with Crippen LogP contribution >= 0.6 is 0 Å². The molecule has 0 atom stereocenters. The van der Waals surface area contributed by atoms with Gasteiger partial charge in [0, 0.05) is 19.2 Å². The first-order valence-corrected chi connectivity index (χ1v) is 6.67. The summed E-state index contributed by atoms with van der Waals surface area (Å²) in [5, 5.41) is 13.7. The number of nitrogens with one attached hydrogen (secondary N) is 2. The number of amides is 1. The van der Waals surface area contributed by atoms with Crippen molar-refractivity contribution < 1.29 is 9.72 Å². The molecule has 0 aliphatic carbocycles. The van der Waals surface area contributed by atoms with Crippen LogP contribution < -0.4 is 16.6 Å². The SMILES string of the molecule is CCCNC(=O)CN(C)Cc1ccc(NN)c([N+](=O)[O-])c1. The minimum absolute atomic E-state index is 0.0610. The van der Waals surface area contributed by atoms with E-state index < -0.39 is 4.92 Å². The molecular formula is C13H21N5O3. The predicted octanol–water partition coefficient (Wildman–Crippen LogP) is 0.838. The number of nitrogen functional groups attached to an aromatic ring is 1. The van der Waals surface area contributed by atoms with Crippen molar-refractivity contribution in [3.05, 3.63) is 33.9 Å². The van der Waals surface area contributed by atoms with E-state index in [0.29, 0.717) is 13.1 Å². The van der Waals surface area contributed by atoms with Crippen LogP contribution in [0.4, 0.5) is 11.4 Å². The summed E-state index contributed by atoms with van der Waals surface area (Å²) in [6, 6.07) is 4.75. The largest absolute Gasteiger partial charge is 0.355 e. The van der Waals surface area contributed by atoms with E-state index in [4.69, 9.17) is 5.84 Å². The minimum atomic E-state index is -0.493. The Morgan fingerprint density at radius 1 is 1.48 bits per heavy atom. The number of nitrogens with zero attached hydrogens (tertiary/aromatic N) is 2. The number of likely N-dealkylation sites (N-methyl/N-ethyl adjacent to an activating group) is 1. The Bertz CT molecular complexity index is 507. The van der Waals surface area contributed by atoms with Gasteiger partial charge in [-0.05, 0) is 25.1 Å². The molecule has 8 heteroatoms. The molecule has 0 saturated heterocycles. The van der Waals surface area contributed by atoms with Crippen molar-refractivity contribution in [3.63, 3.8) is 0 Å². The first-order chi connectivity index (χ1) is 9.97. The molecule has 116 valence electrons. The van der Waals surface area contributed by atoms with Crippen LogP contribution in [0.25, 0.3) is 0 Å². The summed E-state index contributed by atoms with van der Waals surface area (Å²) in [4.78, 5) is 23.8.